The number of halogens is 3. The van der Waals surface area contributed by atoms with E-state index in [-0.39, 0.29) is 0 Å². The molecule has 0 spiro atoms. The Hall–Kier alpha value is -0.965. The highest BCUT2D eigenvalue weighted by molar-refractivity contribution is 6.74. The molecule has 78 valence electrons. The summed E-state index contributed by atoms with van der Waals surface area (Å²) in [5.74, 6) is 0. The molecule has 0 aliphatic carbocycles. The fourth-order valence-electron chi connectivity index (χ4n) is 1.34. The summed E-state index contributed by atoms with van der Waals surface area (Å²) >= 11 is 0. The van der Waals surface area contributed by atoms with E-state index < -0.39 is 12.4 Å². The zero-order valence-electron chi connectivity index (χ0n) is 8.17. The lowest BCUT2D eigenvalue weighted by atomic mass is 9.77. The maximum Gasteiger partial charge on any atom is 0.509 e. The van der Waals surface area contributed by atoms with Gasteiger partial charge in [0.15, 0.2) is 0 Å². The molecule has 0 unspecified atom stereocenters. The summed E-state index contributed by atoms with van der Waals surface area (Å²) < 4.78 is 37.6. The van der Waals surface area contributed by atoms with Gasteiger partial charge in [-0.3, -0.25) is 0 Å². The predicted molar refractivity (Wildman–Crippen MR) is 52.5 cm³/mol. The third-order valence-corrected chi connectivity index (χ3v) is 1.89. The number of benzene rings is 1. The Bertz CT molecular complexity index is 309. The molecular weight excluding hydrogens is 190 g/mol. The van der Waals surface area contributed by atoms with Gasteiger partial charge >= 0.3 is 6.98 Å². The van der Waals surface area contributed by atoms with Crippen LogP contribution in [0, 0.1) is 0 Å². The third-order valence-electron chi connectivity index (χ3n) is 1.89. The second-order valence-corrected chi connectivity index (χ2v) is 3.51. The van der Waals surface area contributed by atoms with Crippen molar-refractivity contribution >= 4 is 12.4 Å². The minimum atomic E-state index is -4.89. The van der Waals surface area contributed by atoms with Gasteiger partial charge in [-0.05, 0) is 14.1 Å². The molecular formula is C9H12BF3N-. The summed E-state index contributed by atoms with van der Waals surface area (Å²) in [6.07, 6.45) is 0. The van der Waals surface area contributed by atoms with Crippen LogP contribution in [-0.4, -0.2) is 26.0 Å². The minimum absolute atomic E-state index is 0.317. The van der Waals surface area contributed by atoms with Crippen LogP contribution in [0.2, 0.25) is 0 Å². The maximum absolute atomic E-state index is 12.5. The Balaban J connectivity index is 3.04. The molecule has 0 aromatic heterocycles. The average Bonchev–Trinajstić information content (AvgIpc) is 2.01. The zero-order valence-corrected chi connectivity index (χ0v) is 8.17. The van der Waals surface area contributed by atoms with Crippen LogP contribution in [-0.2, 0) is 6.54 Å². The Morgan fingerprint density at radius 2 is 1.71 bits per heavy atom. The van der Waals surface area contributed by atoms with Gasteiger partial charge < -0.3 is 17.8 Å². The number of rotatable bonds is 3. The summed E-state index contributed by atoms with van der Waals surface area (Å²) in [7, 11) is 3.50. The fraction of sp³-hybridized carbons (Fsp3) is 0.333. The van der Waals surface area contributed by atoms with Crippen LogP contribution in [0.1, 0.15) is 5.56 Å². The normalized spacial score (nSPS) is 12.1. The van der Waals surface area contributed by atoms with Crippen molar-refractivity contribution in [2.24, 2.45) is 0 Å². The Labute approximate surface area is 81.6 Å². The summed E-state index contributed by atoms with van der Waals surface area (Å²) in [5, 5.41) is 0. The molecule has 1 rings (SSSR count). The van der Waals surface area contributed by atoms with Crippen molar-refractivity contribution in [3.8, 4) is 0 Å². The van der Waals surface area contributed by atoms with Gasteiger partial charge in [-0.15, -0.1) is 5.46 Å². The van der Waals surface area contributed by atoms with Gasteiger partial charge in [0.1, 0.15) is 0 Å². The standard InChI is InChI=1S/C9H12BF3N/c1-14(2)7-8-5-3-4-6-9(8)10(11,12)13/h3-6H,7H2,1-2H3/q-1. The molecule has 0 radical (unpaired) electrons. The highest BCUT2D eigenvalue weighted by atomic mass is 19.4. The first-order valence-electron chi connectivity index (χ1n) is 4.33. The van der Waals surface area contributed by atoms with E-state index in [0.29, 0.717) is 12.1 Å². The van der Waals surface area contributed by atoms with Crippen molar-refractivity contribution < 1.29 is 12.9 Å². The first-order valence-corrected chi connectivity index (χ1v) is 4.33. The zero-order chi connectivity index (χ0) is 10.8. The van der Waals surface area contributed by atoms with Crippen molar-refractivity contribution in [1.82, 2.24) is 4.90 Å². The SMILES string of the molecule is CN(C)Cc1ccccc1[B-](F)(F)F. The van der Waals surface area contributed by atoms with Gasteiger partial charge in [0.2, 0.25) is 0 Å². The van der Waals surface area contributed by atoms with E-state index in [1.54, 1.807) is 25.1 Å². The summed E-state index contributed by atoms with van der Waals surface area (Å²) in [6.45, 7) is -4.58. The second-order valence-electron chi connectivity index (χ2n) is 3.51. The van der Waals surface area contributed by atoms with Crippen LogP contribution in [0.15, 0.2) is 24.3 Å². The van der Waals surface area contributed by atoms with Crippen LogP contribution in [0.3, 0.4) is 0 Å². The smallest absolute Gasteiger partial charge is 0.445 e. The molecule has 14 heavy (non-hydrogen) atoms. The van der Waals surface area contributed by atoms with E-state index >= 15 is 0 Å². The molecule has 1 aromatic carbocycles. The molecule has 0 heterocycles. The van der Waals surface area contributed by atoms with Gasteiger partial charge in [-0.2, -0.15) is 0 Å². The maximum atomic E-state index is 12.5. The quantitative estimate of drug-likeness (QED) is 0.675. The van der Waals surface area contributed by atoms with E-state index in [4.69, 9.17) is 0 Å². The topological polar surface area (TPSA) is 3.24 Å². The lowest BCUT2D eigenvalue weighted by Crippen LogP contribution is -2.38. The van der Waals surface area contributed by atoms with Crippen LogP contribution in [0.25, 0.3) is 0 Å². The Kier molecular flexibility index (Phi) is 3.21. The fourth-order valence-corrected chi connectivity index (χ4v) is 1.34. The van der Waals surface area contributed by atoms with Crippen LogP contribution in [0.5, 0.6) is 0 Å². The van der Waals surface area contributed by atoms with Crippen molar-refractivity contribution in [2.45, 2.75) is 6.54 Å². The molecule has 0 fully saturated rings. The largest absolute Gasteiger partial charge is 0.509 e. The molecule has 0 aliphatic rings. The molecule has 0 aliphatic heterocycles. The Morgan fingerprint density at radius 3 is 2.21 bits per heavy atom. The molecule has 0 saturated carbocycles. The third kappa shape index (κ3) is 2.77. The van der Waals surface area contributed by atoms with Gasteiger partial charge in [0, 0.05) is 6.54 Å². The van der Waals surface area contributed by atoms with Crippen molar-refractivity contribution in [2.75, 3.05) is 14.1 Å². The lowest BCUT2D eigenvalue weighted by Gasteiger charge is -2.21. The van der Waals surface area contributed by atoms with Gasteiger partial charge in [-0.25, -0.2) is 0 Å². The highest BCUT2D eigenvalue weighted by Crippen LogP contribution is 2.12. The Morgan fingerprint density at radius 1 is 1.14 bits per heavy atom. The van der Waals surface area contributed by atoms with Crippen molar-refractivity contribution in [1.29, 1.82) is 0 Å². The number of hydrogen-bond donors (Lipinski definition) is 0. The minimum Gasteiger partial charge on any atom is -0.445 e. The molecule has 5 heteroatoms. The molecule has 0 bridgehead atoms. The van der Waals surface area contributed by atoms with E-state index in [1.807, 2.05) is 0 Å². The van der Waals surface area contributed by atoms with E-state index in [2.05, 4.69) is 0 Å². The first-order chi connectivity index (χ1) is 6.41. The lowest BCUT2D eigenvalue weighted by molar-refractivity contribution is 0.402. The van der Waals surface area contributed by atoms with Gasteiger partial charge in [0.25, 0.3) is 0 Å². The summed E-state index contributed by atoms with van der Waals surface area (Å²) in [5.41, 5.74) is -0.147. The molecule has 0 atom stereocenters. The van der Waals surface area contributed by atoms with Crippen LogP contribution in [0.4, 0.5) is 12.9 Å². The summed E-state index contributed by atoms with van der Waals surface area (Å²) in [4.78, 5) is 1.72. The number of hydrogen-bond acceptors (Lipinski definition) is 1. The molecule has 1 nitrogen and oxygen atoms in total. The van der Waals surface area contributed by atoms with E-state index in [0.717, 1.165) is 6.07 Å². The number of nitrogens with zero attached hydrogens (tertiary/aromatic N) is 1. The predicted octanol–water partition coefficient (Wildman–Crippen LogP) is 1.80. The molecule has 0 saturated heterocycles. The average molecular weight is 202 g/mol. The molecule has 1 aromatic rings. The summed E-state index contributed by atoms with van der Waals surface area (Å²) in [6, 6.07) is 5.71. The first kappa shape index (κ1) is 11.1. The molecule has 0 amide bonds. The van der Waals surface area contributed by atoms with Crippen molar-refractivity contribution in [3.05, 3.63) is 29.8 Å². The van der Waals surface area contributed by atoms with E-state index in [1.165, 1.54) is 12.1 Å². The van der Waals surface area contributed by atoms with Crippen molar-refractivity contribution in [3.63, 3.8) is 0 Å². The van der Waals surface area contributed by atoms with Crippen LogP contribution < -0.4 is 5.46 Å². The van der Waals surface area contributed by atoms with E-state index in [9.17, 15) is 12.9 Å². The van der Waals surface area contributed by atoms with Crippen LogP contribution >= 0.6 is 0 Å². The monoisotopic (exact) mass is 202 g/mol. The highest BCUT2D eigenvalue weighted by Gasteiger charge is 2.27. The van der Waals surface area contributed by atoms with Gasteiger partial charge in [0.05, 0.1) is 0 Å². The second kappa shape index (κ2) is 4.04. The molecule has 0 N–H and O–H groups in total. The van der Waals surface area contributed by atoms with Gasteiger partial charge in [-0.1, -0.05) is 29.8 Å².